The standard InChI is InChI=1S/C15H21ClO2/c1-2-17-14-7-5-12(6-8-14)15(16)10-9-13-4-3-11-18-13/h5-8,13,15H,2-4,9-11H2,1H3. The van der Waals surface area contributed by atoms with Gasteiger partial charge < -0.3 is 9.47 Å². The minimum Gasteiger partial charge on any atom is -0.494 e. The van der Waals surface area contributed by atoms with E-state index in [2.05, 4.69) is 12.1 Å². The van der Waals surface area contributed by atoms with Gasteiger partial charge in [-0.2, -0.15) is 0 Å². The van der Waals surface area contributed by atoms with Crippen LogP contribution in [0.2, 0.25) is 0 Å². The van der Waals surface area contributed by atoms with Gasteiger partial charge in [-0.1, -0.05) is 12.1 Å². The molecule has 1 heterocycles. The van der Waals surface area contributed by atoms with Crippen LogP contribution in [-0.2, 0) is 4.74 Å². The highest BCUT2D eigenvalue weighted by Crippen LogP contribution is 2.29. The molecule has 3 heteroatoms. The zero-order chi connectivity index (χ0) is 12.8. The van der Waals surface area contributed by atoms with Crippen LogP contribution in [0.25, 0.3) is 0 Å². The van der Waals surface area contributed by atoms with Gasteiger partial charge in [0.05, 0.1) is 18.1 Å². The summed E-state index contributed by atoms with van der Waals surface area (Å²) in [4.78, 5) is 0. The lowest BCUT2D eigenvalue weighted by Crippen LogP contribution is -2.06. The summed E-state index contributed by atoms with van der Waals surface area (Å²) in [7, 11) is 0. The maximum absolute atomic E-state index is 6.42. The van der Waals surface area contributed by atoms with E-state index in [1.54, 1.807) is 0 Å². The molecule has 0 aliphatic carbocycles. The van der Waals surface area contributed by atoms with Gasteiger partial charge in [0.1, 0.15) is 5.75 Å². The number of hydrogen-bond acceptors (Lipinski definition) is 2. The Hall–Kier alpha value is -0.730. The molecule has 1 saturated heterocycles. The van der Waals surface area contributed by atoms with Crippen LogP contribution in [0.1, 0.15) is 43.5 Å². The average Bonchev–Trinajstić information content (AvgIpc) is 2.90. The van der Waals surface area contributed by atoms with E-state index in [9.17, 15) is 0 Å². The molecule has 100 valence electrons. The van der Waals surface area contributed by atoms with E-state index >= 15 is 0 Å². The van der Waals surface area contributed by atoms with Gasteiger partial charge in [0.15, 0.2) is 0 Å². The minimum atomic E-state index is 0.0740. The largest absolute Gasteiger partial charge is 0.494 e. The molecule has 1 aliphatic rings. The highest BCUT2D eigenvalue weighted by molar-refractivity contribution is 6.20. The van der Waals surface area contributed by atoms with Crippen LogP contribution in [-0.4, -0.2) is 19.3 Å². The quantitative estimate of drug-likeness (QED) is 0.715. The van der Waals surface area contributed by atoms with Crippen molar-refractivity contribution in [2.75, 3.05) is 13.2 Å². The Morgan fingerprint density at radius 3 is 2.78 bits per heavy atom. The lowest BCUT2D eigenvalue weighted by molar-refractivity contribution is 0.102. The van der Waals surface area contributed by atoms with E-state index in [4.69, 9.17) is 21.1 Å². The molecule has 1 aromatic rings. The number of ether oxygens (including phenoxy) is 2. The SMILES string of the molecule is CCOc1ccc(C(Cl)CCC2CCCO2)cc1. The van der Waals surface area contributed by atoms with Crippen molar-refractivity contribution in [1.82, 2.24) is 0 Å². The molecule has 2 nitrogen and oxygen atoms in total. The lowest BCUT2D eigenvalue weighted by Gasteiger charge is -2.14. The van der Waals surface area contributed by atoms with E-state index in [0.717, 1.165) is 30.8 Å². The summed E-state index contributed by atoms with van der Waals surface area (Å²) in [5.74, 6) is 0.907. The molecule has 1 fully saturated rings. The van der Waals surface area contributed by atoms with Crippen molar-refractivity contribution in [3.05, 3.63) is 29.8 Å². The van der Waals surface area contributed by atoms with Crippen molar-refractivity contribution in [3.8, 4) is 5.75 Å². The van der Waals surface area contributed by atoms with Crippen LogP contribution in [0.3, 0.4) is 0 Å². The van der Waals surface area contributed by atoms with E-state index < -0.39 is 0 Å². The van der Waals surface area contributed by atoms with Crippen LogP contribution >= 0.6 is 11.6 Å². The maximum Gasteiger partial charge on any atom is 0.119 e. The smallest absolute Gasteiger partial charge is 0.119 e. The Morgan fingerprint density at radius 2 is 2.17 bits per heavy atom. The van der Waals surface area contributed by atoms with Crippen molar-refractivity contribution < 1.29 is 9.47 Å². The van der Waals surface area contributed by atoms with E-state index in [1.807, 2.05) is 19.1 Å². The molecule has 2 atom stereocenters. The summed E-state index contributed by atoms with van der Waals surface area (Å²) in [6.45, 7) is 3.60. The first-order valence-electron chi connectivity index (χ1n) is 6.78. The highest BCUT2D eigenvalue weighted by atomic mass is 35.5. The summed E-state index contributed by atoms with van der Waals surface area (Å²) in [6, 6.07) is 8.08. The molecule has 0 radical (unpaired) electrons. The van der Waals surface area contributed by atoms with Crippen molar-refractivity contribution in [1.29, 1.82) is 0 Å². The Labute approximate surface area is 114 Å². The molecule has 2 unspecified atom stereocenters. The zero-order valence-electron chi connectivity index (χ0n) is 10.9. The predicted molar refractivity (Wildman–Crippen MR) is 74.4 cm³/mol. The second kappa shape index (κ2) is 7.01. The number of alkyl halides is 1. The summed E-state index contributed by atoms with van der Waals surface area (Å²) >= 11 is 6.42. The molecule has 0 amide bonds. The van der Waals surface area contributed by atoms with Crippen LogP contribution in [0.5, 0.6) is 5.75 Å². The van der Waals surface area contributed by atoms with Gasteiger partial charge in [0, 0.05) is 6.61 Å². The summed E-state index contributed by atoms with van der Waals surface area (Å²) in [5.41, 5.74) is 1.16. The number of halogens is 1. The Morgan fingerprint density at radius 1 is 1.39 bits per heavy atom. The van der Waals surface area contributed by atoms with Crippen LogP contribution in [0, 0.1) is 0 Å². The van der Waals surface area contributed by atoms with Gasteiger partial charge in [0.2, 0.25) is 0 Å². The molecule has 1 aliphatic heterocycles. The molecule has 0 N–H and O–H groups in total. The molecule has 1 aromatic carbocycles. The second-order valence-corrected chi connectivity index (χ2v) is 5.21. The van der Waals surface area contributed by atoms with Crippen molar-refractivity contribution in [2.45, 2.75) is 44.1 Å². The van der Waals surface area contributed by atoms with E-state index in [1.165, 1.54) is 12.8 Å². The third kappa shape index (κ3) is 3.89. The fourth-order valence-corrected chi connectivity index (χ4v) is 2.58. The monoisotopic (exact) mass is 268 g/mol. The first kappa shape index (κ1) is 13.7. The van der Waals surface area contributed by atoms with Gasteiger partial charge in [-0.25, -0.2) is 0 Å². The first-order chi connectivity index (χ1) is 8.79. The molecule has 0 spiro atoms. The van der Waals surface area contributed by atoms with Gasteiger partial charge >= 0.3 is 0 Å². The zero-order valence-corrected chi connectivity index (χ0v) is 11.7. The summed E-state index contributed by atoms with van der Waals surface area (Å²) in [5, 5.41) is 0.0740. The topological polar surface area (TPSA) is 18.5 Å². The molecule has 18 heavy (non-hydrogen) atoms. The third-order valence-corrected chi connectivity index (χ3v) is 3.79. The number of benzene rings is 1. The third-order valence-electron chi connectivity index (χ3n) is 3.32. The number of hydrogen-bond donors (Lipinski definition) is 0. The van der Waals surface area contributed by atoms with Crippen molar-refractivity contribution in [3.63, 3.8) is 0 Å². The van der Waals surface area contributed by atoms with E-state index in [0.29, 0.717) is 12.7 Å². The van der Waals surface area contributed by atoms with Crippen LogP contribution in [0.4, 0.5) is 0 Å². The molecular formula is C15H21ClO2. The van der Waals surface area contributed by atoms with E-state index in [-0.39, 0.29) is 5.38 Å². The summed E-state index contributed by atoms with van der Waals surface area (Å²) in [6.07, 6.45) is 4.84. The molecule has 2 rings (SSSR count). The highest BCUT2D eigenvalue weighted by Gasteiger charge is 2.17. The van der Waals surface area contributed by atoms with Crippen molar-refractivity contribution in [2.24, 2.45) is 0 Å². The van der Waals surface area contributed by atoms with Gasteiger partial charge in [0.25, 0.3) is 0 Å². The molecule has 0 aromatic heterocycles. The average molecular weight is 269 g/mol. The van der Waals surface area contributed by atoms with Gasteiger partial charge in [-0.15, -0.1) is 11.6 Å². The van der Waals surface area contributed by atoms with Gasteiger partial charge in [-0.3, -0.25) is 0 Å². The minimum absolute atomic E-state index is 0.0740. The van der Waals surface area contributed by atoms with Crippen LogP contribution in [0.15, 0.2) is 24.3 Å². The Balaban J connectivity index is 1.81. The lowest BCUT2D eigenvalue weighted by atomic mass is 10.0. The fraction of sp³-hybridized carbons (Fsp3) is 0.600. The first-order valence-corrected chi connectivity index (χ1v) is 7.21. The molecular weight excluding hydrogens is 248 g/mol. The molecule has 0 saturated carbocycles. The Kier molecular flexibility index (Phi) is 5.33. The van der Waals surface area contributed by atoms with Crippen molar-refractivity contribution >= 4 is 11.6 Å². The molecule has 0 bridgehead atoms. The second-order valence-electron chi connectivity index (χ2n) is 4.68. The normalized spacial score (nSPS) is 20.9. The summed E-state index contributed by atoms with van der Waals surface area (Å²) < 4.78 is 11.0. The fourth-order valence-electron chi connectivity index (χ4n) is 2.31. The van der Waals surface area contributed by atoms with Gasteiger partial charge in [-0.05, 0) is 50.3 Å². The predicted octanol–water partition coefficient (Wildman–Crippen LogP) is 4.32. The maximum atomic E-state index is 6.42. The Bertz CT molecular complexity index is 344. The number of rotatable bonds is 6. The van der Waals surface area contributed by atoms with Crippen LogP contribution < -0.4 is 4.74 Å².